The third kappa shape index (κ3) is 2.50. The molecule has 0 unspecified atom stereocenters. The molecule has 0 amide bonds. The van der Waals surface area contributed by atoms with Gasteiger partial charge in [-0.3, -0.25) is 0 Å². The number of aromatic nitrogens is 8. The molecule has 4 aromatic rings. The zero-order valence-electron chi connectivity index (χ0n) is 15.2. The summed E-state index contributed by atoms with van der Waals surface area (Å²) in [5.74, 6) is 1.46. The van der Waals surface area contributed by atoms with E-state index in [1.54, 1.807) is 4.68 Å². The summed E-state index contributed by atoms with van der Waals surface area (Å²) in [5.41, 5.74) is 4.42. The normalized spacial score (nSPS) is 11.4. The van der Waals surface area contributed by atoms with E-state index >= 15 is 0 Å². The molecule has 4 aromatic heterocycles. The number of rotatable bonds is 4. The molecular formula is C16H18N8O2. The van der Waals surface area contributed by atoms with E-state index in [0.29, 0.717) is 17.6 Å². The number of pyridine rings is 1. The summed E-state index contributed by atoms with van der Waals surface area (Å²) in [6.45, 7) is 7.86. The minimum absolute atomic E-state index is 0.131. The number of hydrogen-bond donors (Lipinski definition) is 0. The van der Waals surface area contributed by atoms with Gasteiger partial charge in [-0.05, 0) is 49.8 Å². The first kappa shape index (κ1) is 16.2. The molecule has 0 atom stereocenters. The van der Waals surface area contributed by atoms with Crippen molar-refractivity contribution in [3.05, 3.63) is 34.4 Å². The van der Waals surface area contributed by atoms with Crippen molar-refractivity contribution in [1.29, 1.82) is 0 Å². The summed E-state index contributed by atoms with van der Waals surface area (Å²) in [4.78, 5) is 4.53. The maximum absolute atomic E-state index is 5.92. The molecule has 0 aliphatic rings. The predicted molar refractivity (Wildman–Crippen MR) is 91.0 cm³/mol. The Bertz CT molecular complexity index is 1110. The molecule has 10 heteroatoms. The molecule has 0 saturated carbocycles. The van der Waals surface area contributed by atoms with Crippen molar-refractivity contribution >= 4 is 11.0 Å². The average molecular weight is 354 g/mol. The van der Waals surface area contributed by atoms with E-state index in [1.807, 2.05) is 40.8 Å². The Labute approximate surface area is 148 Å². The number of hydrogen-bond acceptors (Lipinski definition) is 8. The van der Waals surface area contributed by atoms with Crippen LogP contribution >= 0.6 is 0 Å². The van der Waals surface area contributed by atoms with Gasteiger partial charge in [0.15, 0.2) is 18.1 Å². The van der Waals surface area contributed by atoms with Crippen molar-refractivity contribution in [3.63, 3.8) is 0 Å². The lowest BCUT2D eigenvalue weighted by Gasteiger charge is -2.04. The van der Waals surface area contributed by atoms with Gasteiger partial charge >= 0.3 is 0 Å². The third-order valence-corrected chi connectivity index (χ3v) is 4.28. The maximum atomic E-state index is 5.92. The molecule has 0 spiro atoms. The Morgan fingerprint density at radius 3 is 2.73 bits per heavy atom. The molecule has 0 aliphatic carbocycles. The molecule has 4 rings (SSSR count). The molecule has 0 aromatic carbocycles. The van der Waals surface area contributed by atoms with E-state index in [1.165, 1.54) is 4.68 Å². The fraction of sp³-hybridized carbons (Fsp3) is 0.375. The first-order valence-electron chi connectivity index (χ1n) is 8.10. The van der Waals surface area contributed by atoms with E-state index in [9.17, 15) is 0 Å². The van der Waals surface area contributed by atoms with Gasteiger partial charge in [0.25, 0.3) is 5.88 Å². The van der Waals surface area contributed by atoms with Crippen LogP contribution in [0.15, 0.2) is 10.6 Å². The third-order valence-electron chi connectivity index (χ3n) is 4.28. The highest BCUT2D eigenvalue weighted by Crippen LogP contribution is 2.27. The van der Waals surface area contributed by atoms with E-state index in [4.69, 9.17) is 9.26 Å². The molecule has 0 bridgehead atoms. The molecular weight excluding hydrogens is 336 g/mol. The zero-order valence-corrected chi connectivity index (χ0v) is 15.2. The van der Waals surface area contributed by atoms with Crippen LogP contribution < -0.4 is 4.74 Å². The first-order chi connectivity index (χ1) is 12.5. The summed E-state index contributed by atoms with van der Waals surface area (Å²) < 4.78 is 14.4. The van der Waals surface area contributed by atoms with Gasteiger partial charge < -0.3 is 9.26 Å². The van der Waals surface area contributed by atoms with Gasteiger partial charge in [0.2, 0.25) is 5.88 Å². The second kappa shape index (κ2) is 5.90. The number of nitrogens with zero attached hydrogens (tertiary/aromatic N) is 8. The summed E-state index contributed by atoms with van der Waals surface area (Å²) >= 11 is 0. The van der Waals surface area contributed by atoms with Crippen LogP contribution in [0.1, 0.15) is 28.3 Å². The van der Waals surface area contributed by atoms with E-state index < -0.39 is 0 Å². The van der Waals surface area contributed by atoms with Crippen molar-refractivity contribution in [2.75, 3.05) is 0 Å². The molecule has 4 heterocycles. The van der Waals surface area contributed by atoms with Gasteiger partial charge in [-0.25, -0.2) is 9.67 Å². The van der Waals surface area contributed by atoms with E-state index in [-0.39, 0.29) is 6.61 Å². The molecule has 26 heavy (non-hydrogen) atoms. The monoisotopic (exact) mass is 354 g/mol. The average Bonchev–Trinajstić information content (AvgIpc) is 3.26. The largest absolute Gasteiger partial charge is 0.468 e. The van der Waals surface area contributed by atoms with Crippen LogP contribution in [-0.4, -0.2) is 40.1 Å². The molecule has 0 aliphatic heterocycles. The lowest BCUT2D eigenvalue weighted by Crippen LogP contribution is -2.07. The number of aryl methyl sites for hydroxylation is 4. The quantitative estimate of drug-likeness (QED) is 0.545. The fourth-order valence-electron chi connectivity index (χ4n) is 2.84. The second-order valence-corrected chi connectivity index (χ2v) is 6.20. The maximum Gasteiger partial charge on any atom is 0.258 e. The van der Waals surface area contributed by atoms with Crippen LogP contribution in [0.25, 0.3) is 16.9 Å². The standard InChI is InChI=1S/C16H18N8O2/c1-8-6-9(2)17-14-13(8)15(19-23(14)5)25-7-12-18-21-22-24(12)16-10(3)11(4)20-26-16/h6H,7H2,1-5H3. The Kier molecular flexibility index (Phi) is 3.67. The summed E-state index contributed by atoms with van der Waals surface area (Å²) in [5, 5.41) is 21.0. The summed E-state index contributed by atoms with van der Waals surface area (Å²) in [7, 11) is 1.84. The predicted octanol–water partition coefficient (Wildman–Crippen LogP) is 1.74. The summed E-state index contributed by atoms with van der Waals surface area (Å²) in [6.07, 6.45) is 0. The molecule has 0 radical (unpaired) electrons. The SMILES string of the molecule is Cc1cc(C)c2c(OCc3nnnn3-c3onc(C)c3C)nn(C)c2n1. The second-order valence-electron chi connectivity index (χ2n) is 6.20. The first-order valence-corrected chi connectivity index (χ1v) is 8.10. The van der Waals surface area contributed by atoms with Gasteiger partial charge in [0.1, 0.15) is 0 Å². The highest BCUT2D eigenvalue weighted by molar-refractivity contribution is 5.84. The Balaban J connectivity index is 1.67. The van der Waals surface area contributed by atoms with Crippen LogP contribution in [0, 0.1) is 27.7 Å². The van der Waals surface area contributed by atoms with Crippen LogP contribution in [0.4, 0.5) is 0 Å². The minimum atomic E-state index is 0.131. The molecule has 0 N–H and O–H groups in total. The lowest BCUT2D eigenvalue weighted by molar-refractivity contribution is 0.277. The lowest BCUT2D eigenvalue weighted by atomic mass is 10.2. The van der Waals surface area contributed by atoms with Crippen molar-refractivity contribution in [2.45, 2.75) is 34.3 Å². The van der Waals surface area contributed by atoms with Crippen LogP contribution in [0.3, 0.4) is 0 Å². The minimum Gasteiger partial charge on any atom is -0.468 e. The number of ether oxygens (including phenoxy) is 1. The molecule has 0 saturated heterocycles. The fourth-order valence-corrected chi connectivity index (χ4v) is 2.84. The summed E-state index contributed by atoms with van der Waals surface area (Å²) in [6, 6.07) is 2.00. The van der Waals surface area contributed by atoms with Gasteiger partial charge in [0, 0.05) is 18.3 Å². The van der Waals surface area contributed by atoms with Crippen LogP contribution in [-0.2, 0) is 13.7 Å². The Hall–Kier alpha value is -3.30. The van der Waals surface area contributed by atoms with Crippen molar-refractivity contribution in [1.82, 2.24) is 40.1 Å². The number of tetrazole rings is 1. The molecule has 0 fully saturated rings. The number of fused-ring (bicyclic) bond motifs is 1. The topological polar surface area (TPSA) is 110 Å². The van der Waals surface area contributed by atoms with Crippen molar-refractivity contribution in [3.8, 4) is 11.8 Å². The highest BCUT2D eigenvalue weighted by Gasteiger charge is 2.19. The van der Waals surface area contributed by atoms with Crippen molar-refractivity contribution in [2.24, 2.45) is 7.05 Å². The Morgan fingerprint density at radius 1 is 1.19 bits per heavy atom. The highest BCUT2D eigenvalue weighted by atomic mass is 16.5. The van der Waals surface area contributed by atoms with Gasteiger partial charge in [-0.2, -0.15) is 4.68 Å². The smallest absolute Gasteiger partial charge is 0.258 e. The van der Waals surface area contributed by atoms with Crippen molar-refractivity contribution < 1.29 is 9.26 Å². The van der Waals surface area contributed by atoms with Gasteiger partial charge in [0.05, 0.1) is 11.1 Å². The van der Waals surface area contributed by atoms with E-state index in [2.05, 4.69) is 30.8 Å². The zero-order chi connectivity index (χ0) is 18.4. The van der Waals surface area contributed by atoms with Gasteiger partial charge in [-0.1, -0.05) is 5.16 Å². The van der Waals surface area contributed by atoms with Gasteiger partial charge in [-0.15, -0.1) is 10.2 Å². The van der Waals surface area contributed by atoms with E-state index in [0.717, 1.165) is 33.5 Å². The van der Waals surface area contributed by atoms with Crippen LogP contribution in [0.2, 0.25) is 0 Å². The molecule has 134 valence electrons. The molecule has 10 nitrogen and oxygen atoms in total. The Morgan fingerprint density at radius 2 is 2.00 bits per heavy atom. The van der Waals surface area contributed by atoms with Crippen LogP contribution in [0.5, 0.6) is 5.88 Å².